The number of rotatable bonds is 6. The monoisotopic (exact) mass is 357 g/mol. The number of hydrogen-bond acceptors (Lipinski definition) is 5. The van der Waals surface area contributed by atoms with Crippen LogP contribution in [-0.4, -0.2) is 62.7 Å². The van der Waals surface area contributed by atoms with Crippen LogP contribution in [0.3, 0.4) is 0 Å². The molecule has 1 fully saturated rings. The lowest BCUT2D eigenvalue weighted by molar-refractivity contribution is -0.133. The van der Waals surface area contributed by atoms with Crippen molar-refractivity contribution in [1.29, 1.82) is 0 Å². The minimum Gasteiger partial charge on any atom is -0.362 e. The number of nitrogens with one attached hydrogen (secondary N) is 1. The molecule has 0 spiro atoms. The largest absolute Gasteiger partial charge is 0.362 e. The maximum atomic E-state index is 12.3. The number of benzene rings is 1. The number of fused-ring (bicyclic) bond motifs is 1. The third-order valence-electron chi connectivity index (χ3n) is 4.34. The molecule has 0 radical (unpaired) electrons. The molecule has 136 valence electrons. The molecular formula is C18H19N3O5. The zero-order chi connectivity index (χ0) is 18.8. The number of amides is 2. The van der Waals surface area contributed by atoms with Crippen molar-refractivity contribution in [2.75, 3.05) is 13.1 Å². The van der Waals surface area contributed by atoms with Gasteiger partial charge in [0.2, 0.25) is 23.9 Å². The summed E-state index contributed by atoms with van der Waals surface area (Å²) in [4.78, 5) is 37.2. The smallest absolute Gasteiger partial charge is 0.246 e. The number of aromatic nitrogens is 1. The van der Waals surface area contributed by atoms with Crippen LogP contribution in [-0.2, 0) is 16.1 Å². The van der Waals surface area contributed by atoms with Crippen LogP contribution < -0.4 is 5.32 Å². The van der Waals surface area contributed by atoms with Crippen molar-refractivity contribution < 1.29 is 24.6 Å². The number of carbonyl (C=O) groups is 3. The van der Waals surface area contributed by atoms with Crippen LogP contribution in [0, 0.1) is 0 Å². The Morgan fingerprint density at radius 2 is 1.96 bits per heavy atom. The van der Waals surface area contributed by atoms with Gasteiger partial charge in [0, 0.05) is 35.8 Å². The average molecular weight is 357 g/mol. The van der Waals surface area contributed by atoms with E-state index in [-0.39, 0.29) is 30.0 Å². The highest BCUT2D eigenvalue weighted by atomic mass is 16.5. The lowest BCUT2D eigenvalue weighted by Gasteiger charge is -2.38. The van der Waals surface area contributed by atoms with E-state index in [4.69, 9.17) is 10.2 Å². The van der Waals surface area contributed by atoms with E-state index >= 15 is 0 Å². The number of ketones is 1. The van der Waals surface area contributed by atoms with Gasteiger partial charge in [-0.05, 0) is 12.1 Å². The molecule has 1 saturated heterocycles. The highest BCUT2D eigenvalue weighted by Gasteiger charge is 2.30. The second-order valence-electron chi connectivity index (χ2n) is 6.14. The van der Waals surface area contributed by atoms with Crippen LogP contribution in [0.4, 0.5) is 0 Å². The van der Waals surface area contributed by atoms with E-state index in [2.05, 4.69) is 11.9 Å². The van der Waals surface area contributed by atoms with Gasteiger partial charge in [0.15, 0.2) is 0 Å². The Labute approximate surface area is 149 Å². The topological polar surface area (TPSA) is 112 Å². The van der Waals surface area contributed by atoms with Crippen molar-refractivity contribution in [2.45, 2.75) is 18.9 Å². The molecule has 0 bridgehead atoms. The van der Waals surface area contributed by atoms with Gasteiger partial charge in [-0.15, -0.1) is 0 Å². The lowest BCUT2D eigenvalue weighted by Crippen LogP contribution is -2.61. The Bertz CT molecular complexity index is 880. The number of carbonyl (C=O) groups excluding carboxylic acids is 3. The Balaban J connectivity index is 1.71. The van der Waals surface area contributed by atoms with Gasteiger partial charge < -0.3 is 25.0 Å². The summed E-state index contributed by atoms with van der Waals surface area (Å²) in [6, 6.07) is 6.81. The maximum absolute atomic E-state index is 12.3. The lowest BCUT2D eigenvalue weighted by atomic mass is 10.1. The fraction of sp³-hybridized carbons (Fsp3) is 0.278. The van der Waals surface area contributed by atoms with Gasteiger partial charge in [-0.1, -0.05) is 24.8 Å². The number of para-hydroxylation sites is 1. The first-order valence-corrected chi connectivity index (χ1v) is 8.09. The molecule has 0 atom stereocenters. The summed E-state index contributed by atoms with van der Waals surface area (Å²) in [5, 5.41) is 21.7. The van der Waals surface area contributed by atoms with Gasteiger partial charge in [0.1, 0.15) is 6.54 Å². The maximum Gasteiger partial charge on any atom is 0.246 e. The van der Waals surface area contributed by atoms with Gasteiger partial charge in [-0.25, -0.2) is 0 Å². The fourth-order valence-electron chi connectivity index (χ4n) is 3.02. The summed E-state index contributed by atoms with van der Waals surface area (Å²) >= 11 is 0. The third-order valence-corrected chi connectivity index (χ3v) is 4.34. The van der Waals surface area contributed by atoms with E-state index in [0.29, 0.717) is 24.0 Å². The Morgan fingerprint density at radius 3 is 2.62 bits per heavy atom. The zero-order valence-electron chi connectivity index (χ0n) is 14.0. The molecule has 8 nitrogen and oxygen atoms in total. The van der Waals surface area contributed by atoms with Crippen molar-refractivity contribution >= 4 is 28.5 Å². The van der Waals surface area contributed by atoms with Gasteiger partial charge in [-0.3, -0.25) is 14.4 Å². The minimum atomic E-state index is -2.11. The minimum absolute atomic E-state index is 0.0266. The highest BCUT2D eigenvalue weighted by Crippen LogP contribution is 2.22. The van der Waals surface area contributed by atoms with E-state index < -0.39 is 12.1 Å². The van der Waals surface area contributed by atoms with Crippen molar-refractivity contribution in [3.8, 4) is 0 Å². The molecule has 0 unspecified atom stereocenters. The molecule has 1 aromatic heterocycles. The highest BCUT2D eigenvalue weighted by molar-refractivity contribution is 6.09. The molecule has 1 aliphatic rings. The fourth-order valence-corrected chi connectivity index (χ4v) is 3.02. The Hall–Kier alpha value is -2.97. The number of aliphatic hydroxyl groups excluding tert-OH is 1. The predicted molar refractivity (Wildman–Crippen MR) is 93.2 cm³/mol. The van der Waals surface area contributed by atoms with Crippen molar-refractivity contribution in [2.24, 2.45) is 0 Å². The normalized spacial score (nSPS) is 14.3. The molecule has 0 aliphatic carbocycles. The third kappa shape index (κ3) is 3.37. The van der Waals surface area contributed by atoms with Crippen LogP contribution in [0.1, 0.15) is 10.4 Å². The molecule has 2 amide bonds. The standard InChI is InChI=1S/C18H19N3O5/c1-2-16(23)21-7-11(8-21)19-15(22)10-20-9-13(17(24)18(25)26)12-5-3-4-6-14(12)20/h2-6,9,11,18,25-26H,1,7-8,10H2,(H,19,22). The van der Waals surface area contributed by atoms with Crippen LogP contribution >= 0.6 is 0 Å². The zero-order valence-corrected chi connectivity index (χ0v) is 14.0. The molecule has 26 heavy (non-hydrogen) atoms. The number of Topliss-reactive ketones (excluding diaryl/α,β-unsaturated/α-hetero) is 1. The van der Waals surface area contributed by atoms with Crippen LogP contribution in [0.2, 0.25) is 0 Å². The molecular weight excluding hydrogens is 338 g/mol. The van der Waals surface area contributed by atoms with Gasteiger partial charge in [0.05, 0.1) is 6.04 Å². The molecule has 3 rings (SSSR count). The van der Waals surface area contributed by atoms with Crippen molar-refractivity contribution in [1.82, 2.24) is 14.8 Å². The summed E-state index contributed by atoms with van der Waals surface area (Å²) in [5.74, 6) is -1.25. The Morgan fingerprint density at radius 1 is 1.27 bits per heavy atom. The molecule has 8 heteroatoms. The second-order valence-corrected chi connectivity index (χ2v) is 6.14. The molecule has 1 aromatic carbocycles. The molecule has 2 heterocycles. The molecule has 1 aliphatic heterocycles. The van der Waals surface area contributed by atoms with Gasteiger partial charge in [0.25, 0.3) is 0 Å². The second kappa shape index (κ2) is 7.11. The molecule has 3 N–H and O–H groups in total. The quantitative estimate of drug-likeness (QED) is 0.372. The van der Waals surface area contributed by atoms with Crippen LogP contribution in [0.25, 0.3) is 10.9 Å². The molecule has 0 saturated carbocycles. The number of hydrogen-bond donors (Lipinski definition) is 3. The first-order chi connectivity index (χ1) is 12.4. The summed E-state index contributed by atoms with van der Waals surface area (Å²) < 4.78 is 1.59. The van der Waals surface area contributed by atoms with E-state index in [1.54, 1.807) is 33.7 Å². The van der Waals surface area contributed by atoms with Gasteiger partial charge >= 0.3 is 0 Å². The number of nitrogens with zero attached hydrogens (tertiary/aromatic N) is 2. The SMILES string of the molecule is C=CC(=O)N1CC(NC(=O)Cn2cc(C(=O)C(O)O)c3ccccc32)C1. The van der Waals surface area contributed by atoms with Crippen LogP contribution in [0.15, 0.2) is 43.1 Å². The summed E-state index contributed by atoms with van der Waals surface area (Å²) in [5.41, 5.74) is 0.790. The summed E-state index contributed by atoms with van der Waals surface area (Å²) in [6.45, 7) is 4.26. The van der Waals surface area contributed by atoms with E-state index in [1.165, 1.54) is 12.3 Å². The van der Waals surface area contributed by atoms with Crippen molar-refractivity contribution in [3.05, 3.63) is 48.7 Å². The summed E-state index contributed by atoms with van der Waals surface area (Å²) in [6.07, 6.45) is 0.574. The number of likely N-dealkylation sites (tertiary alicyclic amines) is 1. The molecule has 2 aromatic rings. The number of aliphatic hydroxyl groups is 2. The first-order valence-electron chi connectivity index (χ1n) is 8.09. The summed E-state index contributed by atoms with van der Waals surface area (Å²) in [7, 11) is 0. The van der Waals surface area contributed by atoms with E-state index in [0.717, 1.165) is 0 Å². The van der Waals surface area contributed by atoms with Crippen LogP contribution in [0.5, 0.6) is 0 Å². The van der Waals surface area contributed by atoms with Gasteiger partial charge in [-0.2, -0.15) is 0 Å². The first kappa shape index (κ1) is 17.8. The van der Waals surface area contributed by atoms with E-state index in [1.807, 2.05) is 0 Å². The predicted octanol–water partition coefficient (Wildman–Crippen LogP) is -0.352. The average Bonchev–Trinajstić information content (AvgIpc) is 2.95. The van der Waals surface area contributed by atoms with E-state index in [9.17, 15) is 14.4 Å². The van der Waals surface area contributed by atoms with Crippen molar-refractivity contribution in [3.63, 3.8) is 0 Å². The Kier molecular flexibility index (Phi) is 4.88.